The molecule has 1 aromatic rings. The van der Waals surface area contributed by atoms with E-state index in [1.807, 2.05) is 6.92 Å². The van der Waals surface area contributed by atoms with Crippen LogP contribution >= 0.6 is 0 Å². The molecule has 1 aliphatic rings. The highest BCUT2D eigenvalue weighted by atomic mass is 28.3. The van der Waals surface area contributed by atoms with E-state index in [2.05, 4.69) is 44.9 Å². The molecule has 0 aromatic heterocycles. The highest BCUT2D eigenvalue weighted by molar-refractivity contribution is 6.76. The summed E-state index contributed by atoms with van der Waals surface area (Å²) >= 11 is 0. The van der Waals surface area contributed by atoms with Gasteiger partial charge in [0.25, 0.3) is 0 Å². The molecular formula is C22H35NO4Si. The zero-order chi connectivity index (χ0) is 20.9. The van der Waals surface area contributed by atoms with E-state index in [1.165, 1.54) is 5.57 Å². The Kier molecular flexibility index (Phi) is 7.72. The highest BCUT2D eigenvalue weighted by Gasteiger charge is 2.33. The Hall–Kier alpha value is -1.79. The number of carbonyl (C=O) groups is 1. The van der Waals surface area contributed by atoms with Gasteiger partial charge in [0.15, 0.2) is 0 Å². The van der Waals surface area contributed by atoms with Gasteiger partial charge in [-0.2, -0.15) is 0 Å². The van der Waals surface area contributed by atoms with E-state index in [0.717, 1.165) is 41.6 Å². The number of hydrogen-bond donors (Lipinski definition) is 1. The van der Waals surface area contributed by atoms with Crippen molar-refractivity contribution in [2.75, 3.05) is 26.8 Å². The Morgan fingerprint density at radius 2 is 2.00 bits per heavy atom. The average molecular weight is 406 g/mol. The molecule has 0 amide bonds. The number of rotatable bonds is 10. The Labute approximate surface area is 170 Å². The maximum Gasteiger partial charge on any atom is 0.342 e. The normalized spacial score (nSPS) is 14.1. The fourth-order valence-electron chi connectivity index (χ4n) is 3.30. The molecule has 6 heteroatoms. The second-order valence-corrected chi connectivity index (χ2v) is 14.2. The van der Waals surface area contributed by atoms with Gasteiger partial charge in [0.05, 0.1) is 13.7 Å². The third-order valence-electron chi connectivity index (χ3n) is 5.03. The third-order valence-corrected chi connectivity index (χ3v) is 6.74. The molecule has 0 radical (unpaired) electrons. The van der Waals surface area contributed by atoms with Crippen molar-refractivity contribution >= 4 is 14.0 Å². The molecule has 0 spiro atoms. The van der Waals surface area contributed by atoms with Gasteiger partial charge >= 0.3 is 5.97 Å². The van der Waals surface area contributed by atoms with Gasteiger partial charge < -0.3 is 19.5 Å². The number of benzene rings is 1. The molecule has 1 N–H and O–H groups in total. The minimum Gasteiger partial charge on any atom is -0.496 e. The van der Waals surface area contributed by atoms with Crippen LogP contribution < -0.4 is 14.8 Å². The van der Waals surface area contributed by atoms with Crippen LogP contribution in [0.4, 0.5) is 0 Å². The molecule has 0 fully saturated rings. The molecule has 1 aromatic carbocycles. The number of carbonyl (C=O) groups excluding carboxylic acids is 1. The first-order chi connectivity index (χ1) is 13.2. The highest BCUT2D eigenvalue weighted by Crippen LogP contribution is 2.43. The summed E-state index contributed by atoms with van der Waals surface area (Å²) in [6.45, 7) is 15.8. The fourth-order valence-corrected chi connectivity index (χ4v) is 4.01. The summed E-state index contributed by atoms with van der Waals surface area (Å²) in [7, 11) is 0.430. The van der Waals surface area contributed by atoms with Crippen LogP contribution in [0.3, 0.4) is 0 Å². The SMILES string of the molecule is CCNCC(C)=CCc1c(OC)c(C)c2c(c1OCC[Si](C)(C)C)C(=O)OC2. The topological polar surface area (TPSA) is 56.8 Å². The lowest BCUT2D eigenvalue weighted by molar-refractivity contribution is 0.0532. The minimum absolute atomic E-state index is 0.288. The van der Waals surface area contributed by atoms with Gasteiger partial charge in [0.2, 0.25) is 0 Å². The van der Waals surface area contributed by atoms with Crippen molar-refractivity contribution in [3.8, 4) is 11.5 Å². The number of fused-ring (bicyclic) bond motifs is 1. The summed E-state index contributed by atoms with van der Waals surface area (Å²) in [5.74, 6) is 1.15. The van der Waals surface area contributed by atoms with Crippen LogP contribution in [0.15, 0.2) is 11.6 Å². The molecule has 0 saturated carbocycles. The molecule has 5 nitrogen and oxygen atoms in total. The van der Waals surface area contributed by atoms with E-state index < -0.39 is 8.07 Å². The second-order valence-electron chi connectivity index (χ2n) is 8.59. The Morgan fingerprint density at radius 1 is 1.29 bits per heavy atom. The molecule has 0 bridgehead atoms. The summed E-state index contributed by atoms with van der Waals surface area (Å²) in [6, 6.07) is 1.03. The van der Waals surface area contributed by atoms with Crippen LogP contribution in [-0.2, 0) is 17.8 Å². The largest absolute Gasteiger partial charge is 0.496 e. The Morgan fingerprint density at radius 3 is 2.61 bits per heavy atom. The van der Waals surface area contributed by atoms with E-state index in [9.17, 15) is 4.79 Å². The maximum atomic E-state index is 12.5. The van der Waals surface area contributed by atoms with Crippen LogP contribution in [-0.4, -0.2) is 40.8 Å². The van der Waals surface area contributed by atoms with Crippen molar-refractivity contribution in [3.05, 3.63) is 33.9 Å². The van der Waals surface area contributed by atoms with Crippen molar-refractivity contribution < 1.29 is 19.0 Å². The summed E-state index contributed by atoms with van der Waals surface area (Å²) in [6.07, 6.45) is 2.84. The van der Waals surface area contributed by atoms with Gasteiger partial charge in [-0.1, -0.05) is 38.2 Å². The monoisotopic (exact) mass is 405 g/mol. The number of nitrogens with one attached hydrogen (secondary N) is 1. The summed E-state index contributed by atoms with van der Waals surface area (Å²) < 4.78 is 17.3. The summed E-state index contributed by atoms with van der Waals surface area (Å²) in [5.41, 5.74) is 4.62. The van der Waals surface area contributed by atoms with E-state index in [1.54, 1.807) is 7.11 Å². The first-order valence-corrected chi connectivity index (χ1v) is 13.8. The Bertz CT molecular complexity index is 750. The van der Waals surface area contributed by atoms with Crippen molar-refractivity contribution in [2.24, 2.45) is 0 Å². The van der Waals surface area contributed by atoms with Gasteiger partial charge in [0, 0.05) is 25.7 Å². The van der Waals surface area contributed by atoms with Crippen LogP contribution in [0.2, 0.25) is 25.7 Å². The number of cyclic esters (lactones) is 1. The lowest BCUT2D eigenvalue weighted by Crippen LogP contribution is -2.23. The molecule has 1 heterocycles. The van der Waals surface area contributed by atoms with Crippen molar-refractivity contribution in [1.29, 1.82) is 0 Å². The average Bonchev–Trinajstić information content (AvgIpc) is 3.01. The molecule has 0 aliphatic carbocycles. The first-order valence-electron chi connectivity index (χ1n) is 10.1. The van der Waals surface area contributed by atoms with E-state index in [0.29, 0.717) is 24.3 Å². The van der Waals surface area contributed by atoms with Crippen molar-refractivity contribution in [3.63, 3.8) is 0 Å². The van der Waals surface area contributed by atoms with Gasteiger partial charge in [-0.15, -0.1) is 0 Å². The van der Waals surface area contributed by atoms with Crippen molar-refractivity contribution in [2.45, 2.75) is 59.5 Å². The van der Waals surface area contributed by atoms with Gasteiger partial charge in [-0.25, -0.2) is 4.79 Å². The third kappa shape index (κ3) is 5.38. The molecule has 156 valence electrons. The zero-order valence-electron chi connectivity index (χ0n) is 18.5. The van der Waals surface area contributed by atoms with Crippen LogP contribution in [0, 0.1) is 6.92 Å². The van der Waals surface area contributed by atoms with Gasteiger partial charge in [-0.3, -0.25) is 0 Å². The molecule has 0 atom stereocenters. The fraction of sp³-hybridized carbons (Fsp3) is 0.591. The van der Waals surface area contributed by atoms with E-state index >= 15 is 0 Å². The molecule has 1 aliphatic heterocycles. The van der Waals surface area contributed by atoms with Crippen LogP contribution in [0.25, 0.3) is 0 Å². The van der Waals surface area contributed by atoms with E-state index in [4.69, 9.17) is 14.2 Å². The van der Waals surface area contributed by atoms with Gasteiger partial charge in [0.1, 0.15) is 23.7 Å². The standard InChI is InChI=1S/C22H35NO4Si/c1-8-23-13-15(2)9-10-17-20(25-4)16(3)18-14-27-22(24)19(18)21(17)26-11-12-28(5,6)7/h9,23H,8,10-14H2,1-7H3. The van der Waals surface area contributed by atoms with Gasteiger partial charge in [-0.05, 0) is 38.4 Å². The summed E-state index contributed by atoms with van der Waals surface area (Å²) in [4.78, 5) is 12.5. The summed E-state index contributed by atoms with van der Waals surface area (Å²) in [5, 5.41) is 3.34. The molecule has 28 heavy (non-hydrogen) atoms. The molecule has 0 unspecified atom stereocenters. The lowest BCUT2D eigenvalue weighted by Gasteiger charge is -2.21. The van der Waals surface area contributed by atoms with Crippen LogP contribution in [0.1, 0.15) is 40.9 Å². The number of likely N-dealkylation sites (N-methyl/N-ethyl adjacent to an activating group) is 1. The first kappa shape index (κ1) is 22.5. The maximum absolute atomic E-state index is 12.5. The Balaban J connectivity index is 2.46. The number of esters is 1. The number of hydrogen-bond acceptors (Lipinski definition) is 5. The van der Waals surface area contributed by atoms with Crippen LogP contribution in [0.5, 0.6) is 11.5 Å². The van der Waals surface area contributed by atoms with E-state index in [-0.39, 0.29) is 12.6 Å². The minimum atomic E-state index is -1.25. The molecule has 2 rings (SSSR count). The van der Waals surface area contributed by atoms with Crippen molar-refractivity contribution in [1.82, 2.24) is 5.32 Å². The smallest absolute Gasteiger partial charge is 0.342 e. The number of methoxy groups -OCH3 is 1. The molecule has 0 saturated heterocycles. The molecular weight excluding hydrogens is 370 g/mol. The second kappa shape index (κ2) is 9.61. The number of allylic oxidation sites excluding steroid dienone is 1. The zero-order valence-corrected chi connectivity index (χ0v) is 19.5. The quantitative estimate of drug-likeness (QED) is 0.353. The predicted octanol–water partition coefficient (Wildman–Crippen LogP) is 4.49. The lowest BCUT2D eigenvalue weighted by atomic mass is 9.95. The predicted molar refractivity (Wildman–Crippen MR) is 117 cm³/mol. The number of ether oxygens (including phenoxy) is 3.